The minimum atomic E-state index is -0.293. The minimum absolute atomic E-state index is 0.160. The van der Waals surface area contributed by atoms with E-state index in [-0.39, 0.29) is 12.7 Å². The molecule has 1 aromatic heterocycles. The van der Waals surface area contributed by atoms with Gasteiger partial charge in [0.1, 0.15) is 0 Å². The standard InChI is InChI=1S/C23H22N4O3/c1-15-3-5-19(11-16(15)2)26-23(25-13-17-7-9-24-10-8-17)27-22(28)18-4-6-20-21(12-18)30-14-29-20/h3-12H,13-14H2,1-2H3,(H2,25,26,27,28). The second-order valence-electron chi connectivity index (χ2n) is 6.97. The zero-order valence-electron chi connectivity index (χ0n) is 16.8. The van der Waals surface area contributed by atoms with Crippen LogP contribution >= 0.6 is 0 Å². The number of aryl methyl sites for hydroxylation is 2. The number of nitrogens with one attached hydrogen (secondary N) is 2. The van der Waals surface area contributed by atoms with E-state index in [4.69, 9.17) is 9.47 Å². The summed E-state index contributed by atoms with van der Waals surface area (Å²) in [5, 5.41) is 6.08. The summed E-state index contributed by atoms with van der Waals surface area (Å²) >= 11 is 0. The van der Waals surface area contributed by atoms with E-state index < -0.39 is 0 Å². The van der Waals surface area contributed by atoms with Gasteiger partial charge in [-0.05, 0) is 73.0 Å². The van der Waals surface area contributed by atoms with Crippen LogP contribution in [0.1, 0.15) is 27.0 Å². The smallest absolute Gasteiger partial charge is 0.258 e. The van der Waals surface area contributed by atoms with Crippen molar-refractivity contribution in [3.8, 4) is 11.5 Å². The van der Waals surface area contributed by atoms with Gasteiger partial charge >= 0.3 is 0 Å². The summed E-state index contributed by atoms with van der Waals surface area (Å²) in [7, 11) is 0. The molecule has 1 amide bonds. The maximum absolute atomic E-state index is 12.8. The molecule has 30 heavy (non-hydrogen) atoms. The number of nitrogens with zero attached hydrogens (tertiary/aromatic N) is 2. The number of hydrogen-bond donors (Lipinski definition) is 2. The number of aromatic nitrogens is 1. The van der Waals surface area contributed by atoms with Crippen LogP contribution in [0.15, 0.2) is 65.9 Å². The highest BCUT2D eigenvalue weighted by molar-refractivity contribution is 6.10. The molecule has 3 aromatic rings. The van der Waals surface area contributed by atoms with Crippen molar-refractivity contribution < 1.29 is 14.3 Å². The van der Waals surface area contributed by atoms with Crippen LogP contribution in [0.25, 0.3) is 0 Å². The van der Waals surface area contributed by atoms with Crippen molar-refractivity contribution in [1.82, 2.24) is 10.3 Å². The molecule has 4 rings (SSSR count). The molecule has 0 bridgehead atoms. The Labute approximate surface area is 174 Å². The molecule has 0 spiro atoms. The number of amides is 1. The van der Waals surface area contributed by atoms with E-state index in [1.165, 1.54) is 5.56 Å². The molecule has 2 aromatic carbocycles. The number of fused-ring (bicyclic) bond motifs is 1. The highest BCUT2D eigenvalue weighted by atomic mass is 16.7. The molecule has 1 aliphatic heterocycles. The van der Waals surface area contributed by atoms with Gasteiger partial charge in [0.25, 0.3) is 5.91 Å². The number of pyridine rings is 1. The van der Waals surface area contributed by atoms with Crippen LogP contribution in [-0.2, 0) is 6.54 Å². The molecular formula is C23H22N4O3. The number of guanidine groups is 1. The van der Waals surface area contributed by atoms with Crippen LogP contribution in [-0.4, -0.2) is 23.6 Å². The second kappa shape index (κ2) is 8.65. The predicted octanol–water partition coefficient (Wildman–Crippen LogP) is 3.83. The van der Waals surface area contributed by atoms with Crippen molar-refractivity contribution in [2.75, 3.05) is 12.1 Å². The highest BCUT2D eigenvalue weighted by Crippen LogP contribution is 2.32. The zero-order valence-corrected chi connectivity index (χ0v) is 16.8. The Morgan fingerprint density at radius 1 is 1.00 bits per heavy atom. The molecule has 7 heteroatoms. The van der Waals surface area contributed by atoms with E-state index in [0.29, 0.717) is 29.6 Å². The number of anilines is 1. The molecule has 0 aliphatic carbocycles. The average molecular weight is 402 g/mol. The third kappa shape index (κ3) is 4.57. The van der Waals surface area contributed by atoms with E-state index in [0.717, 1.165) is 16.8 Å². The lowest BCUT2D eigenvalue weighted by Crippen LogP contribution is -2.36. The van der Waals surface area contributed by atoms with Gasteiger partial charge in [-0.3, -0.25) is 15.1 Å². The summed E-state index contributed by atoms with van der Waals surface area (Å²) in [6.45, 7) is 4.66. The minimum Gasteiger partial charge on any atom is -0.454 e. The van der Waals surface area contributed by atoms with Gasteiger partial charge in [-0.15, -0.1) is 0 Å². The number of carbonyl (C=O) groups excluding carboxylic acids is 1. The summed E-state index contributed by atoms with van der Waals surface area (Å²) in [5.74, 6) is 1.25. The number of carbonyl (C=O) groups is 1. The van der Waals surface area contributed by atoms with Crippen LogP contribution in [0.3, 0.4) is 0 Å². The molecule has 0 radical (unpaired) electrons. The van der Waals surface area contributed by atoms with E-state index in [1.807, 2.05) is 37.3 Å². The molecule has 2 heterocycles. The Morgan fingerprint density at radius 2 is 1.80 bits per heavy atom. The maximum atomic E-state index is 12.8. The predicted molar refractivity (Wildman–Crippen MR) is 115 cm³/mol. The molecule has 0 fully saturated rings. The van der Waals surface area contributed by atoms with Gasteiger partial charge < -0.3 is 14.8 Å². The van der Waals surface area contributed by atoms with Gasteiger partial charge in [-0.25, -0.2) is 4.99 Å². The summed E-state index contributed by atoms with van der Waals surface area (Å²) in [4.78, 5) is 21.4. The molecule has 0 unspecified atom stereocenters. The number of ether oxygens (including phenoxy) is 2. The van der Waals surface area contributed by atoms with Crippen molar-refractivity contribution >= 4 is 17.6 Å². The first kappa shape index (κ1) is 19.4. The lowest BCUT2D eigenvalue weighted by Gasteiger charge is -2.13. The van der Waals surface area contributed by atoms with Crippen molar-refractivity contribution in [3.05, 3.63) is 83.2 Å². The quantitative estimate of drug-likeness (QED) is 0.512. The first-order chi connectivity index (χ1) is 14.6. The van der Waals surface area contributed by atoms with Crippen LogP contribution in [0.2, 0.25) is 0 Å². The summed E-state index contributed by atoms with van der Waals surface area (Å²) in [6.07, 6.45) is 3.43. The second-order valence-corrected chi connectivity index (χ2v) is 6.97. The molecular weight excluding hydrogens is 380 g/mol. The first-order valence-electron chi connectivity index (χ1n) is 9.57. The van der Waals surface area contributed by atoms with Gasteiger partial charge in [0, 0.05) is 23.6 Å². The van der Waals surface area contributed by atoms with Crippen molar-refractivity contribution in [3.63, 3.8) is 0 Å². The third-order valence-corrected chi connectivity index (χ3v) is 4.81. The molecule has 152 valence electrons. The molecule has 7 nitrogen and oxygen atoms in total. The van der Waals surface area contributed by atoms with Crippen LogP contribution in [0.4, 0.5) is 5.69 Å². The van der Waals surface area contributed by atoms with Gasteiger partial charge in [0.2, 0.25) is 12.8 Å². The van der Waals surface area contributed by atoms with E-state index in [9.17, 15) is 4.79 Å². The Kier molecular flexibility index (Phi) is 5.61. The molecule has 0 saturated heterocycles. The van der Waals surface area contributed by atoms with Gasteiger partial charge in [-0.1, -0.05) is 6.07 Å². The van der Waals surface area contributed by atoms with E-state index in [1.54, 1.807) is 30.6 Å². The normalized spacial score (nSPS) is 12.5. The highest BCUT2D eigenvalue weighted by Gasteiger charge is 2.17. The Bertz CT molecular complexity index is 1100. The number of rotatable bonds is 4. The largest absolute Gasteiger partial charge is 0.454 e. The fourth-order valence-electron chi connectivity index (χ4n) is 2.94. The van der Waals surface area contributed by atoms with Crippen LogP contribution in [0, 0.1) is 13.8 Å². The Morgan fingerprint density at radius 3 is 2.60 bits per heavy atom. The van der Waals surface area contributed by atoms with Crippen LogP contribution < -0.4 is 20.1 Å². The zero-order chi connectivity index (χ0) is 20.9. The lowest BCUT2D eigenvalue weighted by molar-refractivity contribution is 0.0976. The van der Waals surface area contributed by atoms with Gasteiger partial charge in [0.15, 0.2) is 11.5 Å². The third-order valence-electron chi connectivity index (χ3n) is 4.81. The van der Waals surface area contributed by atoms with Crippen molar-refractivity contribution in [2.45, 2.75) is 20.4 Å². The molecule has 0 atom stereocenters. The van der Waals surface area contributed by atoms with E-state index >= 15 is 0 Å². The van der Waals surface area contributed by atoms with Gasteiger partial charge in [-0.2, -0.15) is 0 Å². The summed E-state index contributed by atoms with van der Waals surface area (Å²) in [6, 6.07) is 14.8. The molecule has 0 saturated carbocycles. The number of hydrogen-bond acceptors (Lipinski definition) is 5. The SMILES string of the molecule is Cc1ccc(NC(=NCc2ccncc2)NC(=O)c2ccc3c(c2)OCO3)cc1C. The molecule has 1 aliphatic rings. The first-order valence-corrected chi connectivity index (χ1v) is 9.57. The van der Waals surface area contributed by atoms with Crippen LogP contribution in [0.5, 0.6) is 11.5 Å². The van der Waals surface area contributed by atoms with E-state index in [2.05, 4.69) is 27.5 Å². The Hall–Kier alpha value is -3.87. The van der Waals surface area contributed by atoms with Crippen molar-refractivity contribution in [2.24, 2.45) is 4.99 Å². The maximum Gasteiger partial charge on any atom is 0.258 e. The fourth-order valence-corrected chi connectivity index (χ4v) is 2.94. The average Bonchev–Trinajstić information content (AvgIpc) is 3.23. The van der Waals surface area contributed by atoms with Gasteiger partial charge in [0.05, 0.1) is 6.54 Å². The monoisotopic (exact) mass is 402 g/mol. The fraction of sp³-hybridized carbons (Fsp3) is 0.174. The topological polar surface area (TPSA) is 84.8 Å². The number of benzene rings is 2. The van der Waals surface area contributed by atoms with Crippen molar-refractivity contribution in [1.29, 1.82) is 0 Å². The summed E-state index contributed by atoms with van der Waals surface area (Å²) < 4.78 is 10.7. The Balaban J connectivity index is 1.55. The lowest BCUT2D eigenvalue weighted by atomic mass is 10.1. The number of aliphatic imine (C=N–C) groups is 1. The molecule has 2 N–H and O–H groups in total. The summed E-state index contributed by atoms with van der Waals surface area (Å²) in [5.41, 5.74) is 4.63.